The Balaban J connectivity index is 3.07. The van der Waals surface area contributed by atoms with E-state index in [1.807, 2.05) is 0 Å². The van der Waals surface area contributed by atoms with Crippen molar-refractivity contribution in [2.45, 2.75) is 37.0 Å². The van der Waals surface area contributed by atoms with Crippen LogP contribution in [0.4, 0.5) is 0 Å². The molecule has 0 N–H and O–H groups in total. The number of hydrogen-bond donors (Lipinski definition) is 0. The van der Waals surface area contributed by atoms with Gasteiger partial charge in [0.15, 0.2) is 0 Å². The molecule has 0 spiro atoms. The van der Waals surface area contributed by atoms with Crippen molar-refractivity contribution >= 4 is 29.5 Å². The molecule has 0 radical (unpaired) electrons. The van der Waals surface area contributed by atoms with Crippen LogP contribution in [-0.4, -0.2) is 28.2 Å². The predicted octanol–water partition coefficient (Wildman–Crippen LogP) is 2.50. The first-order valence-corrected chi connectivity index (χ1v) is 4.69. The molecule has 0 saturated heterocycles. The second-order valence-electron chi connectivity index (χ2n) is 3.31. The molecule has 0 fully saturated rings. The summed E-state index contributed by atoms with van der Waals surface area (Å²) in [7, 11) is 0. The van der Waals surface area contributed by atoms with Gasteiger partial charge in [0, 0.05) is 0 Å². The van der Waals surface area contributed by atoms with Crippen LogP contribution in [0.25, 0.3) is 0 Å². The molecule has 0 aromatic heterocycles. The van der Waals surface area contributed by atoms with E-state index in [0.717, 1.165) is 0 Å². The molecule has 0 aliphatic heterocycles. The van der Waals surface area contributed by atoms with Gasteiger partial charge in [-0.3, -0.25) is 0 Å². The molecule has 0 rings (SSSR count). The molecule has 0 aromatic carbocycles. The summed E-state index contributed by atoms with van der Waals surface area (Å²) in [5, 5.41) is 1.32. The Morgan fingerprint density at radius 2 is 1.89 bits per heavy atom. The summed E-state index contributed by atoms with van der Waals surface area (Å²) < 4.78 is 0.467. The molecule has 50 valence electrons. The van der Waals surface area contributed by atoms with Gasteiger partial charge in [0.2, 0.25) is 0 Å². The van der Waals surface area contributed by atoms with E-state index in [4.69, 9.17) is 0 Å². The van der Waals surface area contributed by atoms with Crippen LogP contribution in [0.5, 0.6) is 0 Å². The molecule has 0 aliphatic carbocycles. The first kappa shape index (κ1) is 9.95. The second-order valence-corrected chi connectivity index (χ2v) is 5.24. The van der Waals surface area contributed by atoms with Crippen molar-refractivity contribution in [1.29, 1.82) is 0 Å². The fraction of sp³-hybridized carbons (Fsp3) is 1.00. The SMILES string of the molecule is [Li][CH2]CCSC(C)(C)C. The molecule has 0 heterocycles. The molecule has 0 unspecified atom stereocenters. The van der Waals surface area contributed by atoms with Gasteiger partial charge in [-0.25, -0.2) is 0 Å². The Morgan fingerprint density at radius 3 is 2.22 bits per heavy atom. The normalized spacial score (nSPS) is 12.1. The third-order valence-corrected chi connectivity index (χ3v) is 2.39. The van der Waals surface area contributed by atoms with Gasteiger partial charge < -0.3 is 0 Å². The van der Waals surface area contributed by atoms with Crippen molar-refractivity contribution < 1.29 is 0 Å². The zero-order valence-corrected chi connectivity index (χ0v) is 7.85. The van der Waals surface area contributed by atoms with Gasteiger partial charge in [0.1, 0.15) is 0 Å². The number of hydrogen-bond acceptors (Lipinski definition) is 1. The topological polar surface area (TPSA) is 0 Å². The molecular weight excluding hydrogens is 123 g/mol. The summed E-state index contributed by atoms with van der Waals surface area (Å²) >= 11 is 4.30. The zero-order chi connectivity index (χ0) is 7.33. The minimum atomic E-state index is 0.467. The monoisotopic (exact) mass is 138 g/mol. The summed E-state index contributed by atoms with van der Waals surface area (Å²) in [6.45, 7) is 6.81. The molecule has 0 saturated carbocycles. The summed E-state index contributed by atoms with van der Waals surface area (Å²) in [6.07, 6.45) is 1.36. The van der Waals surface area contributed by atoms with Gasteiger partial charge in [-0.15, -0.1) is 0 Å². The standard InChI is InChI=1S/C7H15S.Li/c1-5-6-8-7(2,3)4;/h1,5-6H2,2-4H3;. The van der Waals surface area contributed by atoms with Gasteiger partial charge in [-0.2, -0.15) is 0 Å². The second kappa shape index (κ2) is 4.72. The summed E-state index contributed by atoms with van der Waals surface area (Å²) in [5.41, 5.74) is 0. The quantitative estimate of drug-likeness (QED) is 0.426. The molecule has 0 atom stereocenters. The molecule has 2 heteroatoms. The average molecular weight is 138 g/mol. The van der Waals surface area contributed by atoms with Crippen molar-refractivity contribution in [3.63, 3.8) is 0 Å². The number of rotatable bonds is 3. The molecule has 9 heavy (non-hydrogen) atoms. The third-order valence-electron chi connectivity index (χ3n) is 1.03. The first-order chi connectivity index (χ1) is 4.06. The van der Waals surface area contributed by atoms with Crippen LogP contribution in [0.2, 0.25) is 5.09 Å². The molecular formula is C7H15LiS. The maximum absolute atomic E-state index is 2.27. The van der Waals surface area contributed by atoms with E-state index in [2.05, 4.69) is 50.2 Å². The summed E-state index contributed by atoms with van der Waals surface area (Å²) in [5.74, 6) is 1.32. The van der Waals surface area contributed by atoms with E-state index in [1.54, 1.807) is 0 Å². The van der Waals surface area contributed by atoms with Gasteiger partial charge >= 0.3 is 72.3 Å². The van der Waals surface area contributed by atoms with Gasteiger partial charge in [-0.1, -0.05) is 0 Å². The van der Waals surface area contributed by atoms with Crippen molar-refractivity contribution in [2.75, 3.05) is 5.75 Å². The third kappa shape index (κ3) is 8.95. The van der Waals surface area contributed by atoms with E-state index < -0.39 is 0 Å². The van der Waals surface area contributed by atoms with E-state index in [9.17, 15) is 0 Å². The fourth-order valence-electron chi connectivity index (χ4n) is 0.523. The van der Waals surface area contributed by atoms with Crippen LogP contribution in [0.1, 0.15) is 27.2 Å². The van der Waals surface area contributed by atoms with E-state index in [-0.39, 0.29) is 0 Å². The van der Waals surface area contributed by atoms with Crippen LogP contribution in [0.3, 0.4) is 0 Å². The molecule has 0 nitrogen and oxygen atoms in total. The first-order valence-electron chi connectivity index (χ1n) is 3.70. The molecule has 0 aromatic rings. The zero-order valence-electron chi connectivity index (χ0n) is 7.03. The Hall–Kier alpha value is 0.947. The van der Waals surface area contributed by atoms with Gasteiger partial charge in [-0.05, 0) is 0 Å². The summed E-state index contributed by atoms with van der Waals surface area (Å²) in [6, 6.07) is 0. The Labute approximate surface area is 72.4 Å². The van der Waals surface area contributed by atoms with Crippen LogP contribution in [-0.2, 0) is 0 Å². The van der Waals surface area contributed by atoms with E-state index >= 15 is 0 Å². The average Bonchev–Trinajstić information content (AvgIpc) is 1.63. The Bertz CT molecular complexity index is 65.8. The Morgan fingerprint density at radius 1 is 1.33 bits per heavy atom. The van der Waals surface area contributed by atoms with Crippen molar-refractivity contribution in [1.82, 2.24) is 0 Å². The van der Waals surface area contributed by atoms with Crippen LogP contribution in [0, 0.1) is 0 Å². The predicted molar refractivity (Wildman–Crippen MR) is 47.4 cm³/mol. The van der Waals surface area contributed by atoms with Crippen LogP contribution in [0.15, 0.2) is 0 Å². The van der Waals surface area contributed by atoms with Gasteiger partial charge in [0.25, 0.3) is 0 Å². The van der Waals surface area contributed by atoms with Crippen LogP contribution >= 0.6 is 11.8 Å². The minimum absolute atomic E-state index is 0.467. The number of thioether (sulfide) groups is 1. The fourth-order valence-corrected chi connectivity index (χ4v) is 1.57. The summed E-state index contributed by atoms with van der Waals surface area (Å²) in [4.78, 5) is 0. The van der Waals surface area contributed by atoms with Crippen molar-refractivity contribution in [3.8, 4) is 0 Å². The Kier molecular flexibility index (Phi) is 5.21. The molecule has 0 bridgehead atoms. The van der Waals surface area contributed by atoms with E-state index in [0.29, 0.717) is 4.75 Å². The van der Waals surface area contributed by atoms with Crippen molar-refractivity contribution in [2.24, 2.45) is 0 Å². The molecule has 0 amide bonds. The van der Waals surface area contributed by atoms with E-state index in [1.165, 1.54) is 17.3 Å². The molecule has 0 aliphatic rings. The van der Waals surface area contributed by atoms with Crippen molar-refractivity contribution in [3.05, 3.63) is 0 Å². The van der Waals surface area contributed by atoms with Crippen LogP contribution < -0.4 is 0 Å². The van der Waals surface area contributed by atoms with Gasteiger partial charge in [0.05, 0.1) is 0 Å². The maximum atomic E-state index is 2.27.